The highest BCUT2D eigenvalue weighted by Crippen LogP contribution is 2.22. The minimum absolute atomic E-state index is 0. The van der Waals surface area contributed by atoms with Crippen LogP contribution in [0.1, 0.15) is 60.5 Å². The third kappa shape index (κ3) is 6.32. The van der Waals surface area contributed by atoms with Gasteiger partial charge in [-0.15, -0.1) is 12.4 Å². The number of fused-ring (bicyclic) bond motifs is 1. The van der Waals surface area contributed by atoms with E-state index in [4.69, 9.17) is 5.73 Å². The summed E-state index contributed by atoms with van der Waals surface area (Å²) in [6.07, 6.45) is 5.89. The van der Waals surface area contributed by atoms with E-state index in [0.717, 1.165) is 24.8 Å². The van der Waals surface area contributed by atoms with Gasteiger partial charge < -0.3 is 11.1 Å². The Hall–Kier alpha value is -1.39. The first-order valence-electron chi connectivity index (χ1n) is 8.23. The number of ketones is 1. The highest BCUT2D eigenvalue weighted by molar-refractivity contribution is 5.98. The van der Waals surface area contributed by atoms with Crippen molar-refractivity contribution in [2.24, 2.45) is 5.73 Å². The molecule has 1 aliphatic rings. The fraction of sp³-hybridized carbons (Fsp3) is 0.556. The van der Waals surface area contributed by atoms with Gasteiger partial charge >= 0.3 is 0 Å². The van der Waals surface area contributed by atoms with Crippen LogP contribution in [0.3, 0.4) is 0 Å². The van der Waals surface area contributed by atoms with E-state index in [1.807, 2.05) is 19.1 Å². The van der Waals surface area contributed by atoms with Gasteiger partial charge in [-0.05, 0) is 56.2 Å². The molecule has 0 heterocycles. The molecule has 1 aromatic rings. The molecule has 0 bridgehead atoms. The van der Waals surface area contributed by atoms with Crippen molar-refractivity contribution in [1.29, 1.82) is 0 Å². The number of hydrogen-bond donors (Lipinski definition) is 2. The lowest BCUT2D eigenvalue weighted by Crippen LogP contribution is -2.29. The summed E-state index contributed by atoms with van der Waals surface area (Å²) in [6, 6.07) is 6.08. The second-order valence-corrected chi connectivity index (χ2v) is 6.23. The van der Waals surface area contributed by atoms with Gasteiger partial charge in [0.2, 0.25) is 5.91 Å². The smallest absolute Gasteiger partial charge is 0.220 e. The molecular formula is C18H27ClN2O2. The third-order valence-electron chi connectivity index (χ3n) is 4.17. The van der Waals surface area contributed by atoms with E-state index in [1.54, 1.807) is 0 Å². The Morgan fingerprint density at radius 1 is 1.17 bits per heavy atom. The molecule has 1 unspecified atom stereocenters. The van der Waals surface area contributed by atoms with Crippen molar-refractivity contribution in [2.75, 3.05) is 6.54 Å². The van der Waals surface area contributed by atoms with Gasteiger partial charge in [0.05, 0.1) is 0 Å². The van der Waals surface area contributed by atoms with Crippen molar-refractivity contribution in [3.63, 3.8) is 0 Å². The highest BCUT2D eigenvalue weighted by atomic mass is 35.5. The molecule has 0 saturated carbocycles. The molecule has 4 nitrogen and oxygen atoms in total. The largest absolute Gasteiger partial charge is 0.356 e. The Labute approximate surface area is 144 Å². The Balaban J connectivity index is 0.00000264. The second-order valence-electron chi connectivity index (χ2n) is 6.23. The number of nitrogens with two attached hydrogens (primary N) is 1. The molecule has 3 N–H and O–H groups in total. The summed E-state index contributed by atoms with van der Waals surface area (Å²) in [5.41, 5.74) is 9.04. The van der Waals surface area contributed by atoms with E-state index < -0.39 is 0 Å². The zero-order chi connectivity index (χ0) is 15.9. The molecular weight excluding hydrogens is 312 g/mol. The Bertz CT molecular complexity index is 544. The van der Waals surface area contributed by atoms with Gasteiger partial charge in [-0.3, -0.25) is 9.59 Å². The molecule has 0 spiro atoms. The number of benzene rings is 1. The standard InChI is InChI=1S/C18H26N2O2.ClH/c1-13(19)10-11-20-18(22)9-8-17(21)16-7-6-14-4-2-3-5-15(14)12-16;/h6-7,12-13H,2-5,8-11,19H2,1H3,(H,20,22);1H. The summed E-state index contributed by atoms with van der Waals surface area (Å²) in [5.74, 6) is -0.0253. The Morgan fingerprint density at radius 2 is 1.87 bits per heavy atom. The number of rotatable bonds is 7. The predicted molar refractivity (Wildman–Crippen MR) is 95.2 cm³/mol. The monoisotopic (exact) mass is 338 g/mol. The number of hydrogen-bond acceptors (Lipinski definition) is 3. The summed E-state index contributed by atoms with van der Waals surface area (Å²) in [5, 5.41) is 2.80. The maximum Gasteiger partial charge on any atom is 0.220 e. The number of aryl methyl sites for hydroxylation is 2. The van der Waals surface area contributed by atoms with E-state index in [2.05, 4.69) is 11.4 Å². The minimum atomic E-state index is -0.0769. The molecule has 1 aliphatic carbocycles. The molecule has 128 valence electrons. The normalized spacial score (nSPS) is 14.3. The fourth-order valence-electron chi connectivity index (χ4n) is 2.81. The maximum atomic E-state index is 12.2. The average molecular weight is 339 g/mol. The van der Waals surface area contributed by atoms with Crippen molar-refractivity contribution in [1.82, 2.24) is 5.32 Å². The first kappa shape index (κ1) is 19.7. The van der Waals surface area contributed by atoms with Gasteiger partial charge in [0, 0.05) is 31.0 Å². The molecule has 0 aromatic heterocycles. The lowest BCUT2D eigenvalue weighted by molar-refractivity contribution is -0.121. The molecule has 0 aliphatic heterocycles. The van der Waals surface area contributed by atoms with Gasteiger partial charge in [0.15, 0.2) is 5.78 Å². The van der Waals surface area contributed by atoms with Crippen molar-refractivity contribution >= 4 is 24.1 Å². The minimum Gasteiger partial charge on any atom is -0.356 e. The molecule has 1 aromatic carbocycles. The van der Waals surface area contributed by atoms with Crippen LogP contribution in [0, 0.1) is 0 Å². The molecule has 1 amide bonds. The predicted octanol–water partition coefficient (Wildman–Crippen LogP) is 2.80. The van der Waals surface area contributed by atoms with E-state index in [-0.39, 0.29) is 43.0 Å². The van der Waals surface area contributed by atoms with Crippen LogP contribution in [0.4, 0.5) is 0 Å². The lowest BCUT2D eigenvalue weighted by Gasteiger charge is -2.16. The van der Waals surface area contributed by atoms with Crippen LogP contribution in [-0.4, -0.2) is 24.3 Å². The van der Waals surface area contributed by atoms with Crippen LogP contribution < -0.4 is 11.1 Å². The van der Waals surface area contributed by atoms with Crippen LogP contribution in [0.25, 0.3) is 0 Å². The highest BCUT2D eigenvalue weighted by Gasteiger charge is 2.14. The van der Waals surface area contributed by atoms with Crippen LogP contribution in [0.2, 0.25) is 0 Å². The molecule has 0 radical (unpaired) electrons. The summed E-state index contributed by atoms with van der Waals surface area (Å²) in [7, 11) is 0. The van der Waals surface area contributed by atoms with Crippen molar-refractivity contribution in [3.05, 3.63) is 34.9 Å². The van der Waals surface area contributed by atoms with Gasteiger partial charge in [0.25, 0.3) is 0 Å². The summed E-state index contributed by atoms with van der Waals surface area (Å²) < 4.78 is 0. The summed E-state index contributed by atoms with van der Waals surface area (Å²) in [4.78, 5) is 23.9. The van der Waals surface area contributed by atoms with Gasteiger partial charge in [-0.1, -0.05) is 12.1 Å². The number of carbonyl (C=O) groups excluding carboxylic acids is 2. The summed E-state index contributed by atoms with van der Waals surface area (Å²) >= 11 is 0. The summed E-state index contributed by atoms with van der Waals surface area (Å²) in [6.45, 7) is 2.48. The maximum absolute atomic E-state index is 12.2. The number of halogens is 1. The third-order valence-corrected chi connectivity index (χ3v) is 4.17. The SMILES string of the molecule is CC(N)CCNC(=O)CCC(=O)c1ccc2c(c1)CCCC2.Cl. The first-order chi connectivity index (χ1) is 10.6. The van der Waals surface area contributed by atoms with E-state index in [9.17, 15) is 9.59 Å². The molecule has 23 heavy (non-hydrogen) atoms. The van der Waals surface area contributed by atoms with Crippen LogP contribution in [-0.2, 0) is 17.6 Å². The first-order valence-corrected chi connectivity index (χ1v) is 8.23. The Kier molecular flexibility index (Phi) is 8.28. The number of carbonyl (C=O) groups is 2. The zero-order valence-electron chi connectivity index (χ0n) is 13.8. The lowest BCUT2D eigenvalue weighted by atomic mass is 9.89. The number of Topliss-reactive ketones (excluding diaryl/α,β-unsaturated/α-hetero) is 1. The van der Waals surface area contributed by atoms with Crippen LogP contribution in [0.15, 0.2) is 18.2 Å². The molecule has 0 saturated heterocycles. The van der Waals surface area contributed by atoms with Crippen molar-refractivity contribution in [3.8, 4) is 0 Å². The molecule has 1 atom stereocenters. The zero-order valence-corrected chi connectivity index (χ0v) is 14.6. The number of amides is 1. The Morgan fingerprint density at radius 3 is 2.57 bits per heavy atom. The van der Waals surface area contributed by atoms with Gasteiger partial charge in [-0.25, -0.2) is 0 Å². The van der Waals surface area contributed by atoms with Gasteiger partial charge in [0.1, 0.15) is 0 Å². The van der Waals surface area contributed by atoms with Crippen LogP contribution >= 0.6 is 12.4 Å². The fourth-order valence-corrected chi connectivity index (χ4v) is 2.81. The second kappa shape index (κ2) is 9.68. The average Bonchev–Trinajstić information content (AvgIpc) is 2.51. The molecule has 2 rings (SSSR count). The topological polar surface area (TPSA) is 72.2 Å². The van der Waals surface area contributed by atoms with Crippen molar-refractivity contribution < 1.29 is 9.59 Å². The molecule has 0 fully saturated rings. The van der Waals surface area contributed by atoms with E-state index in [0.29, 0.717) is 6.54 Å². The van der Waals surface area contributed by atoms with E-state index in [1.165, 1.54) is 24.0 Å². The molecule has 5 heteroatoms. The van der Waals surface area contributed by atoms with Crippen molar-refractivity contribution in [2.45, 2.75) is 57.9 Å². The number of nitrogens with one attached hydrogen (secondary N) is 1. The van der Waals surface area contributed by atoms with E-state index >= 15 is 0 Å². The van der Waals surface area contributed by atoms with Crippen LogP contribution in [0.5, 0.6) is 0 Å². The van der Waals surface area contributed by atoms with Gasteiger partial charge in [-0.2, -0.15) is 0 Å². The quantitative estimate of drug-likeness (QED) is 0.751.